The lowest BCUT2D eigenvalue weighted by molar-refractivity contribution is -0.142. The molecule has 2 unspecified atom stereocenters. The van der Waals surface area contributed by atoms with Crippen molar-refractivity contribution in [3.8, 4) is 0 Å². The van der Waals surface area contributed by atoms with Crippen LogP contribution in [0.2, 0.25) is 0 Å². The van der Waals surface area contributed by atoms with Gasteiger partial charge in [-0.05, 0) is 0 Å². The van der Waals surface area contributed by atoms with Gasteiger partial charge in [-0.15, -0.1) is 0 Å². The number of ether oxygens (including phenoxy) is 1. The topological polar surface area (TPSA) is 58.6 Å². The molecule has 0 spiro atoms. The molecule has 2 N–H and O–H groups in total. The first-order chi connectivity index (χ1) is 7.01. The van der Waals surface area contributed by atoms with Crippen molar-refractivity contribution in [2.24, 2.45) is 0 Å². The summed E-state index contributed by atoms with van der Waals surface area (Å²) in [7, 11) is 1.39. The molecule has 0 bridgehead atoms. The van der Waals surface area contributed by atoms with E-state index in [1.165, 1.54) is 7.11 Å². The van der Waals surface area contributed by atoms with Gasteiger partial charge >= 0.3 is 5.97 Å². The Labute approximate surface area is 95.8 Å². The zero-order valence-electron chi connectivity index (χ0n) is 9.82. The minimum absolute atomic E-state index is 0.125. The van der Waals surface area contributed by atoms with Crippen LogP contribution >= 0.6 is 11.8 Å². The quantitative estimate of drug-likeness (QED) is 0.634. The standard InChI is InChI=1S/C10H21NO3S/c1-7(2)11-9(10(13)14-4)6-15-8(3)5-12/h7-9,11-12H,5-6H2,1-4H3. The van der Waals surface area contributed by atoms with E-state index in [0.29, 0.717) is 5.75 Å². The van der Waals surface area contributed by atoms with Crippen LogP contribution in [0.25, 0.3) is 0 Å². The van der Waals surface area contributed by atoms with Crippen molar-refractivity contribution in [3.05, 3.63) is 0 Å². The maximum atomic E-state index is 11.4. The maximum absolute atomic E-state index is 11.4. The predicted octanol–water partition coefficient (Wildman–Crippen LogP) is 0.640. The minimum atomic E-state index is -0.297. The molecule has 0 aliphatic rings. The molecule has 2 atom stereocenters. The highest BCUT2D eigenvalue weighted by molar-refractivity contribution is 7.99. The Morgan fingerprint density at radius 3 is 2.47 bits per heavy atom. The molecule has 0 aromatic rings. The van der Waals surface area contributed by atoms with Gasteiger partial charge in [-0.3, -0.25) is 4.79 Å². The molecule has 0 aromatic heterocycles. The molecule has 0 rings (SSSR count). The summed E-state index contributed by atoms with van der Waals surface area (Å²) in [6.07, 6.45) is 0. The van der Waals surface area contributed by atoms with Crippen LogP contribution in [0.3, 0.4) is 0 Å². The fourth-order valence-electron chi connectivity index (χ4n) is 1.04. The van der Waals surface area contributed by atoms with Crippen molar-refractivity contribution in [2.75, 3.05) is 19.5 Å². The molecule has 0 aromatic carbocycles. The SMILES string of the molecule is COC(=O)C(CSC(C)CO)NC(C)C. The Hall–Kier alpha value is -0.260. The van der Waals surface area contributed by atoms with Gasteiger partial charge in [-0.1, -0.05) is 20.8 Å². The van der Waals surface area contributed by atoms with Crippen molar-refractivity contribution >= 4 is 17.7 Å². The first-order valence-corrected chi connectivity index (χ1v) is 6.12. The predicted molar refractivity (Wildman–Crippen MR) is 63.1 cm³/mol. The van der Waals surface area contributed by atoms with E-state index in [2.05, 4.69) is 5.32 Å². The van der Waals surface area contributed by atoms with Crippen LogP contribution in [0, 0.1) is 0 Å². The van der Waals surface area contributed by atoms with E-state index in [1.807, 2.05) is 20.8 Å². The van der Waals surface area contributed by atoms with Gasteiger partial charge in [0, 0.05) is 17.0 Å². The van der Waals surface area contributed by atoms with Gasteiger partial charge in [-0.25, -0.2) is 0 Å². The van der Waals surface area contributed by atoms with Gasteiger partial charge in [0.15, 0.2) is 0 Å². The second-order valence-corrected chi connectivity index (χ2v) is 5.20. The number of hydrogen-bond donors (Lipinski definition) is 2. The summed E-state index contributed by atoms with van der Waals surface area (Å²) in [6, 6.07) is -0.0619. The van der Waals surface area contributed by atoms with Crippen molar-refractivity contribution < 1.29 is 14.6 Å². The Kier molecular flexibility index (Phi) is 7.82. The van der Waals surface area contributed by atoms with Crippen LogP contribution < -0.4 is 5.32 Å². The lowest BCUT2D eigenvalue weighted by Crippen LogP contribution is -2.43. The highest BCUT2D eigenvalue weighted by Crippen LogP contribution is 2.12. The fourth-order valence-corrected chi connectivity index (χ4v) is 1.90. The summed E-state index contributed by atoms with van der Waals surface area (Å²) in [5.41, 5.74) is 0. The number of carbonyl (C=O) groups is 1. The minimum Gasteiger partial charge on any atom is -0.468 e. The average molecular weight is 235 g/mol. The van der Waals surface area contributed by atoms with E-state index in [1.54, 1.807) is 11.8 Å². The van der Waals surface area contributed by atoms with E-state index in [9.17, 15) is 4.79 Å². The van der Waals surface area contributed by atoms with Gasteiger partial charge in [0.2, 0.25) is 0 Å². The maximum Gasteiger partial charge on any atom is 0.323 e. The van der Waals surface area contributed by atoms with Crippen LogP contribution in [0.15, 0.2) is 0 Å². The number of aliphatic hydroxyl groups excluding tert-OH is 1. The van der Waals surface area contributed by atoms with E-state index in [0.717, 1.165) is 0 Å². The number of aliphatic hydroxyl groups is 1. The number of hydrogen-bond acceptors (Lipinski definition) is 5. The second kappa shape index (κ2) is 7.96. The summed E-state index contributed by atoms with van der Waals surface area (Å²) in [5, 5.41) is 12.1. The first kappa shape index (κ1) is 14.7. The van der Waals surface area contributed by atoms with Gasteiger partial charge in [-0.2, -0.15) is 11.8 Å². The molecule has 5 heteroatoms. The third-order valence-electron chi connectivity index (χ3n) is 1.82. The van der Waals surface area contributed by atoms with E-state index < -0.39 is 0 Å². The zero-order valence-corrected chi connectivity index (χ0v) is 10.6. The van der Waals surface area contributed by atoms with E-state index >= 15 is 0 Å². The second-order valence-electron chi connectivity index (χ2n) is 3.72. The van der Waals surface area contributed by atoms with Crippen LogP contribution in [0.5, 0.6) is 0 Å². The Morgan fingerprint density at radius 2 is 2.07 bits per heavy atom. The molecule has 0 saturated heterocycles. The molecule has 0 amide bonds. The molecular formula is C10H21NO3S. The molecule has 0 saturated carbocycles. The number of rotatable bonds is 7. The number of methoxy groups -OCH3 is 1. The van der Waals surface area contributed by atoms with Crippen molar-refractivity contribution in [3.63, 3.8) is 0 Å². The van der Waals surface area contributed by atoms with Crippen molar-refractivity contribution in [2.45, 2.75) is 38.1 Å². The molecule has 0 aliphatic heterocycles. The smallest absolute Gasteiger partial charge is 0.323 e. The highest BCUT2D eigenvalue weighted by atomic mass is 32.2. The average Bonchev–Trinajstić information content (AvgIpc) is 2.21. The fraction of sp³-hybridized carbons (Fsp3) is 0.900. The van der Waals surface area contributed by atoms with Gasteiger partial charge in [0.05, 0.1) is 13.7 Å². The third-order valence-corrected chi connectivity index (χ3v) is 3.07. The molecule has 0 heterocycles. The molecule has 15 heavy (non-hydrogen) atoms. The van der Waals surface area contributed by atoms with Crippen LogP contribution in [0.4, 0.5) is 0 Å². The molecule has 0 fully saturated rings. The lowest BCUT2D eigenvalue weighted by Gasteiger charge is -2.19. The molecule has 4 nitrogen and oxygen atoms in total. The summed E-state index contributed by atoms with van der Waals surface area (Å²) in [4.78, 5) is 11.4. The third kappa shape index (κ3) is 6.76. The van der Waals surface area contributed by atoms with Crippen LogP contribution in [0.1, 0.15) is 20.8 Å². The number of nitrogens with one attached hydrogen (secondary N) is 1. The highest BCUT2D eigenvalue weighted by Gasteiger charge is 2.20. The van der Waals surface area contributed by atoms with E-state index in [-0.39, 0.29) is 29.9 Å². The largest absolute Gasteiger partial charge is 0.468 e. The molecule has 0 aliphatic carbocycles. The van der Waals surface area contributed by atoms with Gasteiger partial charge in [0.25, 0.3) is 0 Å². The zero-order chi connectivity index (χ0) is 11.8. The Morgan fingerprint density at radius 1 is 1.47 bits per heavy atom. The Balaban J connectivity index is 4.07. The summed E-state index contributed by atoms with van der Waals surface area (Å²) in [5.74, 6) is 0.369. The van der Waals surface area contributed by atoms with Crippen LogP contribution in [-0.2, 0) is 9.53 Å². The van der Waals surface area contributed by atoms with E-state index in [4.69, 9.17) is 9.84 Å². The van der Waals surface area contributed by atoms with Crippen molar-refractivity contribution in [1.82, 2.24) is 5.32 Å². The molecule has 0 radical (unpaired) electrons. The van der Waals surface area contributed by atoms with Gasteiger partial charge in [0.1, 0.15) is 6.04 Å². The molecule has 90 valence electrons. The summed E-state index contributed by atoms with van der Waals surface area (Å²) >= 11 is 1.56. The summed E-state index contributed by atoms with van der Waals surface area (Å²) in [6.45, 7) is 6.01. The monoisotopic (exact) mass is 235 g/mol. The summed E-state index contributed by atoms with van der Waals surface area (Å²) < 4.78 is 4.70. The van der Waals surface area contributed by atoms with Gasteiger partial charge < -0.3 is 15.2 Å². The number of esters is 1. The van der Waals surface area contributed by atoms with Crippen LogP contribution in [-0.4, -0.2) is 47.9 Å². The lowest BCUT2D eigenvalue weighted by atomic mass is 10.3. The normalized spacial score (nSPS) is 15.1. The Bertz CT molecular complexity index is 188. The number of thioether (sulfide) groups is 1. The number of carbonyl (C=O) groups excluding carboxylic acids is 1. The van der Waals surface area contributed by atoms with Crippen molar-refractivity contribution in [1.29, 1.82) is 0 Å². The first-order valence-electron chi connectivity index (χ1n) is 5.07. The molecular weight excluding hydrogens is 214 g/mol.